The van der Waals surface area contributed by atoms with Gasteiger partial charge in [0.25, 0.3) is 0 Å². The summed E-state index contributed by atoms with van der Waals surface area (Å²) in [6, 6.07) is 2.00. The van der Waals surface area contributed by atoms with Gasteiger partial charge in [0.15, 0.2) is 0 Å². The number of nitrogens with zero attached hydrogens (tertiary/aromatic N) is 2. The number of pyridine rings is 1. The maximum absolute atomic E-state index is 11.8. The lowest BCUT2D eigenvalue weighted by atomic mass is 10.2. The van der Waals surface area contributed by atoms with Crippen LogP contribution in [0.25, 0.3) is 0 Å². The first-order valence-electron chi connectivity index (χ1n) is 7.53. The van der Waals surface area contributed by atoms with Crippen molar-refractivity contribution in [2.45, 2.75) is 32.7 Å². The molecule has 1 fully saturated rings. The number of hydrogen-bond acceptors (Lipinski definition) is 6. The smallest absolute Gasteiger partial charge is 0.340 e. The summed E-state index contributed by atoms with van der Waals surface area (Å²) in [5.74, 6) is 0.139. The Balaban J connectivity index is 1.99. The average molecular weight is 292 g/mol. The number of carbonyl (C=O) groups is 1. The lowest BCUT2D eigenvalue weighted by Gasteiger charge is -2.24. The van der Waals surface area contributed by atoms with Crippen LogP contribution in [0.1, 0.15) is 37.0 Å². The summed E-state index contributed by atoms with van der Waals surface area (Å²) in [6.45, 7) is 7.33. The van der Waals surface area contributed by atoms with Crippen molar-refractivity contribution < 1.29 is 9.53 Å². The molecule has 2 heterocycles. The van der Waals surface area contributed by atoms with Crippen LogP contribution in [-0.4, -0.2) is 48.1 Å². The van der Waals surface area contributed by atoms with Gasteiger partial charge in [0, 0.05) is 18.8 Å². The Morgan fingerprint density at radius 3 is 2.90 bits per heavy atom. The molecule has 3 N–H and O–H groups in total. The van der Waals surface area contributed by atoms with Gasteiger partial charge in [0.1, 0.15) is 5.82 Å². The summed E-state index contributed by atoms with van der Waals surface area (Å²) in [5.41, 5.74) is 6.73. The van der Waals surface area contributed by atoms with Gasteiger partial charge in [-0.25, -0.2) is 9.78 Å². The Morgan fingerprint density at radius 1 is 1.52 bits per heavy atom. The van der Waals surface area contributed by atoms with E-state index >= 15 is 0 Å². The zero-order chi connectivity index (χ0) is 15.2. The highest BCUT2D eigenvalue weighted by Crippen LogP contribution is 2.21. The lowest BCUT2D eigenvalue weighted by molar-refractivity contribution is 0.0527. The van der Waals surface area contributed by atoms with E-state index in [1.165, 1.54) is 12.8 Å². The van der Waals surface area contributed by atoms with E-state index < -0.39 is 5.97 Å². The SMILES string of the molecule is CCOC(=O)c1ccnc(NCC(C)N2CCCC2)c1N. The zero-order valence-corrected chi connectivity index (χ0v) is 12.8. The average Bonchev–Trinajstić information content (AvgIpc) is 3.00. The predicted octanol–water partition coefficient (Wildman–Crippen LogP) is 1.74. The van der Waals surface area contributed by atoms with Crippen LogP contribution >= 0.6 is 0 Å². The van der Waals surface area contributed by atoms with Crippen molar-refractivity contribution in [3.63, 3.8) is 0 Å². The maximum atomic E-state index is 11.8. The minimum atomic E-state index is -0.409. The number of nitrogens with two attached hydrogens (primary N) is 1. The molecule has 6 heteroatoms. The number of esters is 1. The fraction of sp³-hybridized carbons (Fsp3) is 0.600. The standard InChI is InChI=1S/C15H24N4O2/c1-3-21-15(20)12-6-7-17-14(13(12)16)18-10-11(2)19-8-4-5-9-19/h6-7,11H,3-5,8-10,16H2,1-2H3,(H,17,18). The van der Waals surface area contributed by atoms with Crippen molar-refractivity contribution in [2.75, 3.05) is 37.3 Å². The van der Waals surface area contributed by atoms with E-state index in [1.807, 2.05) is 0 Å². The van der Waals surface area contributed by atoms with Crippen LogP contribution in [0.15, 0.2) is 12.3 Å². The number of likely N-dealkylation sites (tertiary alicyclic amines) is 1. The van der Waals surface area contributed by atoms with Gasteiger partial charge in [0.2, 0.25) is 0 Å². The number of carbonyl (C=O) groups excluding carboxylic acids is 1. The summed E-state index contributed by atoms with van der Waals surface area (Å²) in [4.78, 5) is 18.5. The van der Waals surface area contributed by atoms with Crippen molar-refractivity contribution in [1.29, 1.82) is 0 Å². The molecule has 0 aromatic carbocycles. The fourth-order valence-electron chi connectivity index (χ4n) is 2.56. The van der Waals surface area contributed by atoms with E-state index in [9.17, 15) is 4.79 Å². The van der Waals surface area contributed by atoms with Gasteiger partial charge in [-0.3, -0.25) is 4.90 Å². The van der Waals surface area contributed by atoms with Gasteiger partial charge < -0.3 is 15.8 Å². The summed E-state index contributed by atoms with van der Waals surface area (Å²) in [5, 5.41) is 3.24. The molecule has 1 aliphatic heterocycles. The van der Waals surface area contributed by atoms with Gasteiger partial charge in [-0.1, -0.05) is 0 Å². The molecule has 116 valence electrons. The van der Waals surface area contributed by atoms with E-state index in [-0.39, 0.29) is 0 Å². The number of ether oxygens (including phenoxy) is 1. The van der Waals surface area contributed by atoms with E-state index in [1.54, 1.807) is 19.2 Å². The predicted molar refractivity (Wildman–Crippen MR) is 83.4 cm³/mol. The van der Waals surface area contributed by atoms with Crippen molar-refractivity contribution in [1.82, 2.24) is 9.88 Å². The van der Waals surface area contributed by atoms with Gasteiger partial charge in [-0.2, -0.15) is 0 Å². The summed E-state index contributed by atoms with van der Waals surface area (Å²) in [7, 11) is 0. The van der Waals surface area contributed by atoms with Gasteiger partial charge in [-0.05, 0) is 45.8 Å². The molecule has 1 aliphatic rings. The van der Waals surface area contributed by atoms with Crippen LogP contribution in [0, 0.1) is 0 Å². The molecular weight excluding hydrogens is 268 g/mol. The van der Waals surface area contributed by atoms with Crippen LogP contribution in [0.2, 0.25) is 0 Å². The lowest BCUT2D eigenvalue weighted by Crippen LogP contribution is -2.35. The molecule has 1 aromatic heterocycles. The first-order valence-corrected chi connectivity index (χ1v) is 7.53. The van der Waals surface area contributed by atoms with Crippen LogP contribution in [0.5, 0.6) is 0 Å². The molecule has 6 nitrogen and oxygen atoms in total. The van der Waals surface area contributed by atoms with Crippen molar-refractivity contribution in [2.24, 2.45) is 0 Å². The van der Waals surface area contributed by atoms with Gasteiger partial charge in [0.05, 0.1) is 17.9 Å². The summed E-state index contributed by atoms with van der Waals surface area (Å²) in [6.07, 6.45) is 4.11. The minimum Gasteiger partial charge on any atom is -0.462 e. The van der Waals surface area contributed by atoms with Crippen molar-refractivity contribution in [3.05, 3.63) is 17.8 Å². The number of anilines is 2. The third-order valence-corrected chi connectivity index (χ3v) is 3.81. The number of rotatable bonds is 6. The summed E-state index contributed by atoms with van der Waals surface area (Å²) >= 11 is 0. The quantitative estimate of drug-likeness (QED) is 0.777. The van der Waals surface area contributed by atoms with E-state index in [0.29, 0.717) is 29.7 Å². The molecule has 2 rings (SSSR count). The van der Waals surface area contributed by atoms with E-state index in [2.05, 4.69) is 22.1 Å². The topological polar surface area (TPSA) is 80.5 Å². The Hall–Kier alpha value is -1.82. The second-order valence-electron chi connectivity index (χ2n) is 5.31. The Labute approximate surface area is 125 Å². The molecule has 1 unspecified atom stereocenters. The maximum Gasteiger partial charge on any atom is 0.340 e. The fourth-order valence-corrected chi connectivity index (χ4v) is 2.56. The van der Waals surface area contributed by atoms with Gasteiger partial charge in [-0.15, -0.1) is 0 Å². The second-order valence-corrected chi connectivity index (χ2v) is 5.31. The molecule has 0 radical (unpaired) electrons. The molecule has 0 saturated carbocycles. The number of hydrogen-bond donors (Lipinski definition) is 2. The second kappa shape index (κ2) is 7.26. The molecule has 21 heavy (non-hydrogen) atoms. The monoisotopic (exact) mass is 292 g/mol. The minimum absolute atomic E-state index is 0.329. The normalized spacial score (nSPS) is 16.7. The summed E-state index contributed by atoms with van der Waals surface area (Å²) < 4.78 is 4.99. The first-order chi connectivity index (χ1) is 10.1. The Kier molecular flexibility index (Phi) is 5.38. The van der Waals surface area contributed by atoms with E-state index in [0.717, 1.165) is 19.6 Å². The third-order valence-electron chi connectivity index (χ3n) is 3.81. The first kappa shape index (κ1) is 15.6. The van der Waals surface area contributed by atoms with Crippen LogP contribution in [-0.2, 0) is 4.74 Å². The van der Waals surface area contributed by atoms with Crippen molar-refractivity contribution in [3.8, 4) is 0 Å². The number of aromatic nitrogens is 1. The number of nitrogen functional groups attached to an aromatic ring is 1. The molecule has 0 spiro atoms. The van der Waals surface area contributed by atoms with Crippen LogP contribution < -0.4 is 11.1 Å². The Bertz CT molecular complexity index is 487. The van der Waals surface area contributed by atoms with Gasteiger partial charge >= 0.3 is 5.97 Å². The highest BCUT2D eigenvalue weighted by molar-refractivity contribution is 5.97. The van der Waals surface area contributed by atoms with Crippen LogP contribution in [0.3, 0.4) is 0 Å². The van der Waals surface area contributed by atoms with Crippen LogP contribution in [0.4, 0.5) is 11.5 Å². The Morgan fingerprint density at radius 2 is 2.24 bits per heavy atom. The molecule has 1 aromatic rings. The highest BCUT2D eigenvalue weighted by atomic mass is 16.5. The largest absolute Gasteiger partial charge is 0.462 e. The highest BCUT2D eigenvalue weighted by Gasteiger charge is 2.19. The molecule has 0 amide bonds. The third kappa shape index (κ3) is 3.85. The molecular formula is C15H24N4O2. The van der Waals surface area contributed by atoms with Crippen molar-refractivity contribution >= 4 is 17.5 Å². The number of nitrogens with one attached hydrogen (secondary N) is 1. The molecule has 1 atom stereocenters. The van der Waals surface area contributed by atoms with E-state index in [4.69, 9.17) is 10.5 Å². The zero-order valence-electron chi connectivity index (χ0n) is 12.8. The molecule has 0 bridgehead atoms. The molecule has 0 aliphatic carbocycles. The molecule has 1 saturated heterocycles.